The first-order chi connectivity index (χ1) is 16.9. The van der Waals surface area contributed by atoms with Gasteiger partial charge in [0.2, 0.25) is 5.95 Å². The molecule has 1 aliphatic heterocycles. The number of nitrogens with zero attached hydrogens (tertiary/aromatic N) is 4. The molecule has 1 atom stereocenters. The van der Waals surface area contributed by atoms with Gasteiger partial charge in [-0.1, -0.05) is 23.7 Å². The number of ether oxygens (including phenoxy) is 1. The molecule has 0 spiro atoms. The van der Waals surface area contributed by atoms with Gasteiger partial charge in [0.25, 0.3) is 11.5 Å². The van der Waals surface area contributed by atoms with Gasteiger partial charge in [-0.15, -0.1) is 4.73 Å². The second-order valence-corrected chi connectivity index (χ2v) is 8.49. The van der Waals surface area contributed by atoms with Gasteiger partial charge >= 0.3 is 0 Å². The molecule has 1 N–H and O–H groups in total. The van der Waals surface area contributed by atoms with Crippen LogP contribution >= 0.6 is 11.6 Å². The Morgan fingerprint density at radius 2 is 1.94 bits per heavy atom. The molecule has 3 aromatic rings. The highest BCUT2D eigenvalue weighted by Crippen LogP contribution is 2.22. The van der Waals surface area contributed by atoms with Gasteiger partial charge < -0.3 is 19.8 Å². The first-order valence-corrected chi connectivity index (χ1v) is 11.4. The molecule has 1 aliphatic rings. The molecule has 0 saturated carbocycles. The van der Waals surface area contributed by atoms with Crippen LogP contribution in [-0.2, 0) is 17.8 Å². The zero-order valence-electron chi connectivity index (χ0n) is 19.3. The summed E-state index contributed by atoms with van der Waals surface area (Å²) in [5.41, 5.74) is 2.16. The van der Waals surface area contributed by atoms with E-state index in [2.05, 4.69) is 10.3 Å². The number of rotatable bonds is 7. The number of nitrogens with one attached hydrogen (secondary N) is 1. The van der Waals surface area contributed by atoms with Gasteiger partial charge in [0.15, 0.2) is 6.61 Å². The van der Waals surface area contributed by atoms with Gasteiger partial charge in [-0.2, -0.15) is 5.26 Å². The highest BCUT2D eigenvalue weighted by Gasteiger charge is 2.27. The highest BCUT2D eigenvalue weighted by molar-refractivity contribution is 6.30. The molecule has 1 unspecified atom stereocenters. The van der Waals surface area contributed by atoms with E-state index in [1.165, 1.54) is 7.11 Å². The minimum atomic E-state index is -0.367. The molecular weight excluding hydrogens is 470 g/mol. The highest BCUT2D eigenvalue weighted by atomic mass is 35.5. The molecule has 9 nitrogen and oxygen atoms in total. The van der Waals surface area contributed by atoms with E-state index in [4.69, 9.17) is 26.4 Å². The maximum atomic E-state index is 13.2. The Hall–Kier alpha value is -4.03. The van der Waals surface area contributed by atoms with Crippen LogP contribution in [0.1, 0.15) is 35.3 Å². The topological polar surface area (TPSA) is 109 Å². The fourth-order valence-electron chi connectivity index (χ4n) is 3.82. The van der Waals surface area contributed by atoms with E-state index in [-0.39, 0.29) is 30.7 Å². The normalized spacial score (nSPS) is 13.4. The first kappa shape index (κ1) is 24.1. The zero-order chi connectivity index (χ0) is 24.9. The number of benzene rings is 2. The Bertz CT molecular complexity index is 1320. The average Bonchev–Trinajstić information content (AvgIpc) is 2.88. The van der Waals surface area contributed by atoms with Gasteiger partial charge in [-0.05, 0) is 48.9 Å². The summed E-state index contributed by atoms with van der Waals surface area (Å²) < 4.78 is 6.66. The number of hydrogen-bond acceptors (Lipinski definition) is 7. The lowest BCUT2D eigenvalue weighted by Gasteiger charge is -2.29. The van der Waals surface area contributed by atoms with Gasteiger partial charge in [-0.25, -0.2) is 4.98 Å². The summed E-state index contributed by atoms with van der Waals surface area (Å²) in [5, 5.41) is 12.8. The molecular formula is C25H24ClN5O4. The van der Waals surface area contributed by atoms with Crippen LogP contribution in [0.4, 0.5) is 5.95 Å². The van der Waals surface area contributed by atoms with E-state index < -0.39 is 0 Å². The number of amides is 1. The lowest BCUT2D eigenvalue weighted by atomic mass is 10.1. The molecule has 2 aromatic carbocycles. The van der Waals surface area contributed by atoms with Crippen LogP contribution in [0.15, 0.2) is 53.3 Å². The van der Waals surface area contributed by atoms with E-state index >= 15 is 0 Å². The second-order valence-electron chi connectivity index (χ2n) is 8.05. The third-order valence-corrected chi connectivity index (χ3v) is 6.04. The Labute approximate surface area is 207 Å². The molecule has 2 heterocycles. The molecule has 35 heavy (non-hydrogen) atoms. The molecule has 180 valence electrons. The zero-order valence-corrected chi connectivity index (χ0v) is 20.1. The summed E-state index contributed by atoms with van der Waals surface area (Å²) in [6.45, 7) is 2.31. The van der Waals surface area contributed by atoms with Gasteiger partial charge in [0.05, 0.1) is 35.5 Å². The molecule has 0 aliphatic carbocycles. The van der Waals surface area contributed by atoms with Crippen molar-refractivity contribution in [3.63, 3.8) is 0 Å². The van der Waals surface area contributed by atoms with E-state index in [0.717, 1.165) is 10.3 Å². The Kier molecular flexibility index (Phi) is 7.22. The van der Waals surface area contributed by atoms with Crippen LogP contribution in [0.2, 0.25) is 5.02 Å². The third-order valence-electron chi connectivity index (χ3n) is 5.79. The molecule has 1 amide bonds. The van der Waals surface area contributed by atoms with Gasteiger partial charge in [0.1, 0.15) is 12.9 Å². The number of carbonyl (C=O) groups excluding carboxylic acids is 1. The summed E-state index contributed by atoms with van der Waals surface area (Å²) >= 11 is 5.98. The van der Waals surface area contributed by atoms with Crippen molar-refractivity contribution in [1.82, 2.24) is 14.6 Å². The van der Waals surface area contributed by atoms with Crippen molar-refractivity contribution in [1.29, 1.82) is 5.26 Å². The minimum absolute atomic E-state index is 0.118. The minimum Gasteiger partial charge on any atom is -0.484 e. The van der Waals surface area contributed by atoms with Crippen LogP contribution in [0.25, 0.3) is 0 Å². The number of fused-ring (bicyclic) bond motifs is 1. The fourth-order valence-corrected chi connectivity index (χ4v) is 3.95. The fraction of sp³-hybridized carbons (Fsp3) is 0.280. The lowest BCUT2D eigenvalue weighted by molar-refractivity contribution is -0.134. The van der Waals surface area contributed by atoms with E-state index in [1.807, 2.05) is 25.1 Å². The number of anilines is 1. The standard InChI is InChI=1S/C25H24ClN5O4/c1-16(18-5-7-19(26)8-6-18)28-25-29-22-11-12-30(14-21(22)24(33)31(25)34-2)23(32)15-35-20-9-3-17(13-27)4-10-20/h3-10,16H,11-12,14-15H2,1-2H3,(H,28,29). The summed E-state index contributed by atoms with van der Waals surface area (Å²) in [6.07, 6.45) is 0.432. The summed E-state index contributed by atoms with van der Waals surface area (Å²) in [4.78, 5) is 37.4. The number of halogens is 1. The van der Waals surface area contributed by atoms with E-state index in [0.29, 0.717) is 46.5 Å². The maximum absolute atomic E-state index is 13.2. The van der Waals surface area contributed by atoms with Crippen LogP contribution in [0, 0.1) is 11.3 Å². The first-order valence-electron chi connectivity index (χ1n) is 11.0. The Balaban J connectivity index is 1.47. The SMILES string of the molecule is COn1c(NC(C)c2ccc(Cl)cc2)nc2c(c1=O)CN(C(=O)COc1ccc(C#N)cc1)CC2. The molecule has 1 aromatic heterocycles. The Morgan fingerprint density at radius 3 is 2.60 bits per heavy atom. The van der Waals surface area contributed by atoms with Crippen molar-refractivity contribution in [2.75, 3.05) is 25.6 Å². The maximum Gasteiger partial charge on any atom is 0.293 e. The summed E-state index contributed by atoms with van der Waals surface area (Å²) in [6, 6.07) is 15.8. The van der Waals surface area contributed by atoms with Crippen molar-refractivity contribution in [2.24, 2.45) is 0 Å². The predicted octanol–water partition coefficient (Wildman–Crippen LogP) is 2.96. The van der Waals surface area contributed by atoms with Crippen LogP contribution in [0.3, 0.4) is 0 Å². The van der Waals surface area contributed by atoms with Crippen molar-refractivity contribution in [3.8, 4) is 11.8 Å². The molecule has 0 bridgehead atoms. The number of aromatic nitrogens is 2. The van der Waals surface area contributed by atoms with Crippen LogP contribution in [0.5, 0.6) is 5.75 Å². The monoisotopic (exact) mass is 493 g/mol. The van der Waals surface area contributed by atoms with Crippen molar-refractivity contribution < 1.29 is 14.4 Å². The van der Waals surface area contributed by atoms with Crippen LogP contribution < -0.4 is 20.5 Å². The quantitative estimate of drug-likeness (QED) is 0.538. The summed E-state index contributed by atoms with van der Waals surface area (Å²) in [5.74, 6) is 0.535. The third kappa shape index (κ3) is 5.39. The smallest absolute Gasteiger partial charge is 0.293 e. The lowest BCUT2D eigenvalue weighted by Crippen LogP contribution is -2.44. The average molecular weight is 494 g/mol. The van der Waals surface area contributed by atoms with Crippen LogP contribution in [-0.4, -0.2) is 40.8 Å². The van der Waals surface area contributed by atoms with Crippen molar-refractivity contribution in [2.45, 2.75) is 25.9 Å². The molecule has 0 radical (unpaired) electrons. The molecule has 0 saturated heterocycles. The van der Waals surface area contributed by atoms with E-state index in [1.54, 1.807) is 41.3 Å². The Morgan fingerprint density at radius 1 is 1.23 bits per heavy atom. The van der Waals surface area contributed by atoms with Crippen molar-refractivity contribution >= 4 is 23.5 Å². The largest absolute Gasteiger partial charge is 0.484 e. The second kappa shape index (κ2) is 10.5. The van der Waals surface area contributed by atoms with Crippen molar-refractivity contribution in [3.05, 3.63) is 86.3 Å². The summed E-state index contributed by atoms with van der Waals surface area (Å²) in [7, 11) is 1.39. The molecule has 4 rings (SSSR count). The molecule has 0 fully saturated rings. The number of nitriles is 1. The van der Waals surface area contributed by atoms with Gasteiger partial charge in [-0.3, -0.25) is 9.59 Å². The predicted molar refractivity (Wildman–Crippen MR) is 130 cm³/mol. The van der Waals surface area contributed by atoms with Gasteiger partial charge in [0, 0.05) is 18.0 Å². The number of hydrogen-bond donors (Lipinski definition) is 1. The van der Waals surface area contributed by atoms with E-state index in [9.17, 15) is 9.59 Å². The number of carbonyl (C=O) groups is 1. The molecule has 10 heteroatoms.